The zero-order valence-corrected chi connectivity index (χ0v) is 11.3. The second-order valence-corrected chi connectivity index (χ2v) is 5.07. The lowest BCUT2D eigenvalue weighted by molar-refractivity contribution is 0.0934. The van der Waals surface area contributed by atoms with Crippen molar-refractivity contribution in [3.8, 4) is 0 Å². The van der Waals surface area contributed by atoms with Gasteiger partial charge in [-0.3, -0.25) is 4.79 Å². The molecule has 0 aliphatic heterocycles. The molecule has 0 aliphatic rings. The van der Waals surface area contributed by atoms with Crippen molar-refractivity contribution in [3.05, 3.63) is 34.6 Å². The molecule has 0 radical (unpaired) electrons. The summed E-state index contributed by atoms with van der Waals surface area (Å²) in [4.78, 5) is 12.0. The number of rotatable bonds is 5. The predicted molar refractivity (Wildman–Crippen MR) is 71.2 cm³/mol. The van der Waals surface area contributed by atoms with Crippen LogP contribution in [-0.2, 0) is 0 Å². The Kier molecular flexibility index (Phi) is 5.56. The Hall–Kier alpha value is -1.13. The zero-order chi connectivity index (χ0) is 13.7. The minimum absolute atomic E-state index is 0.0985. The highest BCUT2D eigenvalue weighted by Gasteiger charge is 2.16. The molecule has 1 unspecified atom stereocenters. The van der Waals surface area contributed by atoms with Gasteiger partial charge in [-0.1, -0.05) is 25.4 Å². The number of carbonyl (C=O) groups excluding carboxylic acids is 1. The number of amides is 1. The van der Waals surface area contributed by atoms with Crippen molar-refractivity contribution in [1.29, 1.82) is 0 Å². The Balaban J connectivity index is 2.74. The lowest BCUT2D eigenvalue weighted by atomic mass is 10.0. The van der Waals surface area contributed by atoms with Crippen LogP contribution in [-0.4, -0.2) is 18.5 Å². The Labute approximate surface area is 112 Å². The van der Waals surface area contributed by atoms with E-state index in [9.17, 15) is 9.18 Å². The number of benzene rings is 1. The van der Waals surface area contributed by atoms with E-state index in [0.29, 0.717) is 12.5 Å². The molecule has 0 bridgehead atoms. The molecule has 1 atom stereocenters. The van der Waals surface area contributed by atoms with Crippen molar-refractivity contribution >= 4 is 17.5 Å². The van der Waals surface area contributed by atoms with Crippen LogP contribution < -0.4 is 11.1 Å². The molecule has 0 fully saturated rings. The second kappa shape index (κ2) is 6.71. The van der Waals surface area contributed by atoms with Gasteiger partial charge in [0.2, 0.25) is 0 Å². The van der Waals surface area contributed by atoms with E-state index >= 15 is 0 Å². The molecule has 0 aromatic heterocycles. The molecular formula is C13H18ClFN2O. The fourth-order valence-electron chi connectivity index (χ4n) is 1.72. The first-order chi connectivity index (χ1) is 8.43. The number of halogens is 2. The first-order valence-corrected chi connectivity index (χ1v) is 6.27. The predicted octanol–water partition coefficient (Wildman–Crippen LogP) is 2.58. The van der Waals surface area contributed by atoms with Gasteiger partial charge in [0, 0.05) is 12.6 Å². The Bertz CT molecular complexity index is 423. The van der Waals surface area contributed by atoms with Crippen molar-refractivity contribution in [2.75, 3.05) is 6.54 Å². The van der Waals surface area contributed by atoms with Gasteiger partial charge in [-0.05, 0) is 30.5 Å². The fourth-order valence-corrected chi connectivity index (χ4v) is 1.97. The first-order valence-electron chi connectivity index (χ1n) is 5.90. The average Bonchev–Trinajstić information content (AvgIpc) is 2.27. The summed E-state index contributed by atoms with van der Waals surface area (Å²) in [5.74, 6) is -0.354. The van der Waals surface area contributed by atoms with Crippen LogP contribution in [0.1, 0.15) is 30.6 Å². The summed E-state index contributed by atoms with van der Waals surface area (Å²) in [5, 5.41) is 2.91. The van der Waals surface area contributed by atoms with Crippen molar-refractivity contribution in [1.82, 2.24) is 5.32 Å². The second-order valence-electron chi connectivity index (χ2n) is 4.66. The van der Waals surface area contributed by atoms with E-state index < -0.39 is 5.82 Å². The molecule has 1 aromatic carbocycles. The topological polar surface area (TPSA) is 55.1 Å². The molecule has 3 N–H and O–H groups in total. The number of hydrogen-bond donors (Lipinski definition) is 2. The van der Waals surface area contributed by atoms with Crippen molar-refractivity contribution in [2.45, 2.75) is 26.3 Å². The van der Waals surface area contributed by atoms with E-state index in [1.165, 1.54) is 12.1 Å². The molecule has 0 spiro atoms. The molecule has 5 heteroatoms. The molecule has 1 aromatic rings. The van der Waals surface area contributed by atoms with Crippen LogP contribution in [0.4, 0.5) is 4.39 Å². The lowest BCUT2D eigenvalue weighted by Gasteiger charge is -2.19. The third-order valence-electron chi connectivity index (χ3n) is 2.55. The first kappa shape index (κ1) is 14.9. The van der Waals surface area contributed by atoms with Gasteiger partial charge in [0.1, 0.15) is 5.82 Å². The maximum Gasteiger partial charge on any atom is 0.253 e. The molecule has 3 nitrogen and oxygen atoms in total. The molecule has 0 aliphatic carbocycles. The Morgan fingerprint density at radius 3 is 2.67 bits per heavy atom. The summed E-state index contributed by atoms with van der Waals surface area (Å²) in [6.07, 6.45) is 0.793. The molecule has 0 saturated heterocycles. The highest BCUT2D eigenvalue weighted by atomic mass is 35.5. The molecular weight excluding hydrogens is 255 g/mol. The van der Waals surface area contributed by atoms with Crippen LogP contribution in [0.5, 0.6) is 0 Å². The summed E-state index contributed by atoms with van der Waals surface area (Å²) in [6, 6.07) is 3.60. The molecule has 18 heavy (non-hydrogen) atoms. The third kappa shape index (κ3) is 4.27. The quantitative estimate of drug-likeness (QED) is 0.866. The van der Waals surface area contributed by atoms with Gasteiger partial charge >= 0.3 is 0 Å². The van der Waals surface area contributed by atoms with Crippen LogP contribution in [0.15, 0.2) is 18.2 Å². The van der Waals surface area contributed by atoms with E-state index in [1.54, 1.807) is 0 Å². The van der Waals surface area contributed by atoms with Crippen LogP contribution in [0.25, 0.3) is 0 Å². The fraction of sp³-hybridized carbons (Fsp3) is 0.462. The number of nitrogens with two attached hydrogens (primary N) is 1. The Morgan fingerprint density at radius 2 is 2.17 bits per heavy atom. The van der Waals surface area contributed by atoms with Crippen molar-refractivity contribution < 1.29 is 9.18 Å². The van der Waals surface area contributed by atoms with Gasteiger partial charge in [0.15, 0.2) is 0 Å². The summed E-state index contributed by atoms with van der Waals surface area (Å²) >= 11 is 5.82. The third-order valence-corrected chi connectivity index (χ3v) is 2.86. The number of carbonyl (C=O) groups is 1. The largest absolute Gasteiger partial charge is 0.348 e. The zero-order valence-electron chi connectivity index (χ0n) is 10.5. The van der Waals surface area contributed by atoms with Crippen LogP contribution in [0.3, 0.4) is 0 Å². The summed E-state index contributed by atoms with van der Waals surface area (Å²) in [5.41, 5.74) is 5.87. The van der Waals surface area contributed by atoms with Gasteiger partial charge in [0.05, 0.1) is 10.6 Å². The SMILES string of the molecule is CC(C)CC(CN)NC(=O)c1ccc(F)cc1Cl. The smallest absolute Gasteiger partial charge is 0.253 e. The van der Waals surface area contributed by atoms with E-state index in [2.05, 4.69) is 19.2 Å². The summed E-state index contributed by atoms with van der Waals surface area (Å²) < 4.78 is 12.9. The van der Waals surface area contributed by atoms with E-state index in [0.717, 1.165) is 12.5 Å². The highest BCUT2D eigenvalue weighted by Crippen LogP contribution is 2.17. The van der Waals surface area contributed by atoms with Crippen LogP contribution in [0.2, 0.25) is 5.02 Å². The van der Waals surface area contributed by atoms with Crippen molar-refractivity contribution in [2.24, 2.45) is 11.7 Å². The average molecular weight is 273 g/mol. The van der Waals surface area contributed by atoms with Gasteiger partial charge in [0.25, 0.3) is 5.91 Å². The van der Waals surface area contributed by atoms with Gasteiger partial charge in [-0.25, -0.2) is 4.39 Å². The molecule has 1 amide bonds. The van der Waals surface area contributed by atoms with Gasteiger partial charge in [-0.15, -0.1) is 0 Å². The molecule has 100 valence electrons. The van der Waals surface area contributed by atoms with Gasteiger partial charge < -0.3 is 11.1 Å². The normalized spacial score (nSPS) is 12.6. The summed E-state index contributed by atoms with van der Waals surface area (Å²) in [7, 11) is 0. The molecule has 0 saturated carbocycles. The van der Waals surface area contributed by atoms with E-state index in [4.69, 9.17) is 17.3 Å². The van der Waals surface area contributed by atoms with Gasteiger partial charge in [-0.2, -0.15) is 0 Å². The minimum Gasteiger partial charge on any atom is -0.348 e. The molecule has 1 rings (SSSR count). The maximum atomic E-state index is 12.9. The minimum atomic E-state index is -0.464. The number of hydrogen-bond acceptors (Lipinski definition) is 2. The van der Waals surface area contributed by atoms with Crippen LogP contribution >= 0.6 is 11.6 Å². The molecule has 0 heterocycles. The summed E-state index contributed by atoms with van der Waals surface area (Å²) in [6.45, 7) is 4.47. The standard InChI is InChI=1S/C13H18ClFN2O/c1-8(2)5-10(7-16)17-13(18)11-4-3-9(15)6-12(11)14/h3-4,6,8,10H,5,7,16H2,1-2H3,(H,17,18). The monoisotopic (exact) mass is 272 g/mol. The van der Waals surface area contributed by atoms with Crippen LogP contribution in [0, 0.1) is 11.7 Å². The highest BCUT2D eigenvalue weighted by molar-refractivity contribution is 6.33. The van der Waals surface area contributed by atoms with Crippen molar-refractivity contribution in [3.63, 3.8) is 0 Å². The lowest BCUT2D eigenvalue weighted by Crippen LogP contribution is -2.41. The number of nitrogens with one attached hydrogen (secondary N) is 1. The maximum absolute atomic E-state index is 12.9. The van der Waals surface area contributed by atoms with E-state index in [1.807, 2.05) is 0 Å². The Morgan fingerprint density at radius 1 is 1.50 bits per heavy atom. The van der Waals surface area contributed by atoms with E-state index in [-0.39, 0.29) is 22.5 Å².